The van der Waals surface area contributed by atoms with Crippen molar-refractivity contribution in [2.45, 2.75) is 13.0 Å². The molecule has 0 unspecified atom stereocenters. The Bertz CT molecular complexity index is 1200. The van der Waals surface area contributed by atoms with E-state index in [1.165, 1.54) is 5.56 Å². The molecule has 0 atom stereocenters. The zero-order chi connectivity index (χ0) is 23.3. The number of hydrogen-bond donors (Lipinski definition) is 2. The van der Waals surface area contributed by atoms with E-state index in [9.17, 15) is 13.2 Å². The minimum Gasteiger partial charge on any atom is -0.379 e. The second kappa shape index (κ2) is 10.3. The number of morpholine rings is 1. The molecule has 0 spiro atoms. The molecule has 2 heterocycles. The first-order valence-electron chi connectivity index (χ1n) is 11.0. The topological polar surface area (TPSA) is 106 Å². The third-order valence-electron chi connectivity index (χ3n) is 5.56. The molecule has 0 aliphatic carbocycles. The normalized spacial score (nSPS) is 14.9. The van der Waals surface area contributed by atoms with Crippen molar-refractivity contribution in [1.29, 1.82) is 0 Å². The molecule has 1 aromatic heterocycles. The monoisotopic (exact) mass is 471 g/mol. The summed E-state index contributed by atoms with van der Waals surface area (Å²) >= 11 is 0. The maximum Gasteiger partial charge on any atom is 0.253 e. The van der Waals surface area contributed by atoms with Gasteiger partial charge in [-0.25, -0.2) is 13.4 Å². The van der Waals surface area contributed by atoms with Crippen molar-refractivity contribution in [1.82, 2.24) is 19.8 Å². The Hall–Kier alpha value is -2.95. The highest BCUT2D eigenvalue weighted by atomic mass is 32.2. The summed E-state index contributed by atoms with van der Waals surface area (Å²) in [5.41, 5.74) is 3.15. The van der Waals surface area contributed by atoms with E-state index in [0.717, 1.165) is 32.3 Å². The highest BCUT2D eigenvalue weighted by Crippen LogP contribution is 2.25. The predicted molar refractivity (Wildman–Crippen MR) is 128 cm³/mol. The molecule has 0 bridgehead atoms. The number of sulfonamides is 1. The molecule has 10 heteroatoms. The van der Waals surface area contributed by atoms with Gasteiger partial charge in [-0.15, -0.1) is 0 Å². The van der Waals surface area contributed by atoms with Gasteiger partial charge in [-0.1, -0.05) is 30.3 Å². The lowest BCUT2D eigenvalue weighted by molar-refractivity contribution is 0.0383. The molecule has 2 aromatic carbocycles. The van der Waals surface area contributed by atoms with Crippen LogP contribution in [0.4, 0.5) is 5.69 Å². The highest BCUT2D eigenvalue weighted by molar-refractivity contribution is 7.92. The van der Waals surface area contributed by atoms with Gasteiger partial charge in [-0.05, 0) is 24.1 Å². The van der Waals surface area contributed by atoms with E-state index >= 15 is 0 Å². The summed E-state index contributed by atoms with van der Waals surface area (Å²) in [7, 11) is -3.49. The van der Waals surface area contributed by atoms with Crippen LogP contribution in [0.2, 0.25) is 0 Å². The summed E-state index contributed by atoms with van der Waals surface area (Å²) in [4.78, 5) is 19.9. The van der Waals surface area contributed by atoms with Crippen molar-refractivity contribution in [3.05, 3.63) is 59.9 Å². The van der Waals surface area contributed by atoms with Gasteiger partial charge < -0.3 is 14.6 Å². The molecular weight excluding hydrogens is 442 g/mol. The van der Waals surface area contributed by atoms with Crippen molar-refractivity contribution < 1.29 is 17.9 Å². The fourth-order valence-corrected chi connectivity index (χ4v) is 4.51. The maximum absolute atomic E-state index is 13.2. The second-order valence-corrected chi connectivity index (χ2v) is 9.90. The molecule has 1 aliphatic heterocycles. The number of nitrogens with one attached hydrogen (secondary N) is 2. The molecule has 33 heavy (non-hydrogen) atoms. The van der Waals surface area contributed by atoms with Gasteiger partial charge in [0.1, 0.15) is 0 Å². The van der Waals surface area contributed by atoms with Crippen LogP contribution in [0.3, 0.4) is 0 Å². The first kappa shape index (κ1) is 23.2. The van der Waals surface area contributed by atoms with Gasteiger partial charge in [0.2, 0.25) is 10.0 Å². The third kappa shape index (κ3) is 6.31. The Morgan fingerprint density at radius 2 is 1.88 bits per heavy atom. The molecule has 9 nitrogen and oxygen atoms in total. The van der Waals surface area contributed by atoms with Gasteiger partial charge in [0, 0.05) is 32.7 Å². The van der Waals surface area contributed by atoms with Gasteiger partial charge in [0.05, 0.1) is 48.1 Å². The van der Waals surface area contributed by atoms with Crippen LogP contribution in [0, 0.1) is 0 Å². The van der Waals surface area contributed by atoms with E-state index in [4.69, 9.17) is 4.74 Å². The number of benzene rings is 2. The molecule has 0 radical (unpaired) electrons. The lowest BCUT2D eigenvalue weighted by Gasteiger charge is -2.26. The van der Waals surface area contributed by atoms with Crippen molar-refractivity contribution in [2.75, 3.05) is 50.4 Å². The zero-order valence-corrected chi connectivity index (χ0v) is 19.5. The molecular formula is C23H29N5O4S. The fourth-order valence-electron chi connectivity index (χ4n) is 3.97. The Morgan fingerprint density at radius 1 is 1.12 bits per heavy atom. The van der Waals surface area contributed by atoms with Crippen LogP contribution < -0.4 is 10.0 Å². The van der Waals surface area contributed by atoms with Gasteiger partial charge in [-0.2, -0.15) is 0 Å². The number of nitrogens with zero attached hydrogens (tertiary/aromatic N) is 3. The molecule has 0 saturated carbocycles. The van der Waals surface area contributed by atoms with Crippen LogP contribution in [0.1, 0.15) is 15.9 Å². The Kier molecular flexibility index (Phi) is 7.26. The lowest BCUT2D eigenvalue weighted by atomic mass is 10.1. The van der Waals surface area contributed by atoms with Gasteiger partial charge in [-0.3, -0.25) is 14.4 Å². The van der Waals surface area contributed by atoms with E-state index in [-0.39, 0.29) is 5.91 Å². The van der Waals surface area contributed by atoms with Crippen molar-refractivity contribution in [2.24, 2.45) is 0 Å². The number of rotatable bonds is 9. The van der Waals surface area contributed by atoms with Gasteiger partial charge in [0.25, 0.3) is 5.91 Å². The van der Waals surface area contributed by atoms with Crippen LogP contribution >= 0.6 is 0 Å². The molecule has 1 saturated heterocycles. The first-order chi connectivity index (χ1) is 15.9. The van der Waals surface area contributed by atoms with E-state index < -0.39 is 10.0 Å². The Balaban J connectivity index is 1.57. The SMILES string of the molecule is CS(=O)(=O)Nc1cc(C(=O)NCCN2CCOCC2)c2c(c1)ncn2CCc1ccccc1. The highest BCUT2D eigenvalue weighted by Gasteiger charge is 2.18. The summed E-state index contributed by atoms with van der Waals surface area (Å²) in [6.07, 6.45) is 3.56. The number of anilines is 1. The van der Waals surface area contributed by atoms with Crippen LogP contribution in [-0.2, 0) is 27.7 Å². The summed E-state index contributed by atoms with van der Waals surface area (Å²) < 4.78 is 33.3. The average molecular weight is 472 g/mol. The van der Waals surface area contributed by atoms with E-state index in [1.807, 2.05) is 22.8 Å². The van der Waals surface area contributed by atoms with Crippen LogP contribution in [0.5, 0.6) is 0 Å². The van der Waals surface area contributed by atoms with E-state index in [1.54, 1.807) is 18.5 Å². The lowest BCUT2D eigenvalue weighted by Crippen LogP contribution is -2.41. The largest absolute Gasteiger partial charge is 0.379 e. The Labute approximate surface area is 193 Å². The number of carbonyl (C=O) groups is 1. The fraction of sp³-hybridized carbons (Fsp3) is 0.391. The second-order valence-electron chi connectivity index (χ2n) is 8.15. The summed E-state index contributed by atoms with van der Waals surface area (Å²) in [6, 6.07) is 13.3. The third-order valence-corrected chi connectivity index (χ3v) is 6.17. The van der Waals surface area contributed by atoms with Crippen molar-refractivity contribution in [3.63, 3.8) is 0 Å². The smallest absolute Gasteiger partial charge is 0.253 e. The molecule has 176 valence electrons. The zero-order valence-electron chi connectivity index (χ0n) is 18.7. The number of hydrogen-bond acceptors (Lipinski definition) is 6. The number of aromatic nitrogens is 2. The number of fused-ring (bicyclic) bond motifs is 1. The van der Waals surface area contributed by atoms with Crippen molar-refractivity contribution >= 4 is 32.7 Å². The maximum atomic E-state index is 13.2. The first-order valence-corrected chi connectivity index (χ1v) is 12.9. The van der Waals surface area contributed by atoms with E-state index in [2.05, 4.69) is 32.1 Å². The minimum absolute atomic E-state index is 0.258. The summed E-state index contributed by atoms with van der Waals surface area (Å²) in [5, 5.41) is 2.98. The summed E-state index contributed by atoms with van der Waals surface area (Å²) in [5.74, 6) is -0.258. The Morgan fingerprint density at radius 3 is 2.61 bits per heavy atom. The van der Waals surface area contributed by atoms with Crippen LogP contribution in [0.15, 0.2) is 48.8 Å². The molecule has 1 aliphatic rings. The molecule has 2 N–H and O–H groups in total. The van der Waals surface area contributed by atoms with Crippen LogP contribution in [-0.4, -0.2) is 74.4 Å². The quantitative estimate of drug-likeness (QED) is 0.492. The molecule has 1 fully saturated rings. The van der Waals surface area contributed by atoms with Gasteiger partial charge >= 0.3 is 0 Å². The number of amides is 1. The average Bonchev–Trinajstić information content (AvgIpc) is 3.20. The summed E-state index contributed by atoms with van der Waals surface area (Å²) in [6.45, 7) is 4.96. The number of imidazole rings is 1. The molecule has 1 amide bonds. The predicted octanol–water partition coefficient (Wildman–Crippen LogP) is 1.71. The minimum atomic E-state index is -3.49. The van der Waals surface area contributed by atoms with Crippen LogP contribution in [0.25, 0.3) is 11.0 Å². The van der Waals surface area contributed by atoms with E-state index in [0.29, 0.717) is 48.6 Å². The van der Waals surface area contributed by atoms with Crippen molar-refractivity contribution in [3.8, 4) is 0 Å². The standard InChI is InChI=1S/C23H29N5O4S/c1-33(30,31)26-19-15-20(23(29)24-8-10-27-11-13-32-14-12-27)22-21(16-19)25-17-28(22)9-7-18-5-3-2-4-6-18/h2-6,15-17,26H,7-14H2,1H3,(H,24,29). The van der Waals surface area contributed by atoms with Gasteiger partial charge in [0.15, 0.2) is 0 Å². The number of ether oxygens (including phenoxy) is 1. The number of aryl methyl sites for hydroxylation is 2. The molecule has 4 rings (SSSR count). The number of carbonyl (C=O) groups excluding carboxylic acids is 1. The molecule has 3 aromatic rings.